The van der Waals surface area contributed by atoms with Crippen molar-refractivity contribution in [2.75, 3.05) is 20.2 Å². The van der Waals surface area contributed by atoms with Gasteiger partial charge in [0, 0.05) is 6.54 Å². The normalized spacial score (nSPS) is 9.80. The quantitative estimate of drug-likeness (QED) is 0.660. The van der Waals surface area contributed by atoms with Crippen LogP contribution in [-0.2, 0) is 4.79 Å². The number of β-amino-alcohol motifs (C(OH)–C–C–N with tert-alkyl or cyclic N) is 1. The molecule has 4 nitrogen and oxygen atoms in total. The summed E-state index contributed by atoms with van der Waals surface area (Å²) < 4.78 is 0. The van der Waals surface area contributed by atoms with Gasteiger partial charge in [-0.3, -0.25) is 9.69 Å². The highest BCUT2D eigenvalue weighted by Gasteiger charge is 2.19. The number of aliphatic hydroxyl groups is 1. The maximum absolute atomic E-state index is 10.4. The minimum Gasteiger partial charge on any atom is -0.395 e. The topological polar surface area (TPSA) is 66.6 Å². The molecule has 0 atom stereocenters. The van der Waals surface area contributed by atoms with E-state index < -0.39 is 11.4 Å². The number of likely N-dealkylation sites (N-methyl/N-ethyl adjacent to an activating group) is 1. The summed E-state index contributed by atoms with van der Waals surface area (Å²) in [5, 5.41) is 8.70. The molecule has 0 saturated heterocycles. The summed E-state index contributed by atoms with van der Waals surface area (Å²) in [4.78, 5) is 12.3. The number of primary amides is 1. The van der Waals surface area contributed by atoms with Gasteiger partial charge in [-0.15, -0.1) is 0 Å². The summed E-state index contributed by atoms with van der Waals surface area (Å²) >= 11 is 0. The number of aliphatic hydroxyl groups excluding tert-OH is 1. The molecule has 0 saturated carbocycles. The van der Waals surface area contributed by atoms with E-state index in [4.69, 9.17) is 10.8 Å². The molecule has 0 bridgehead atoms. The molecular formula is C11H22N2O2. The summed E-state index contributed by atoms with van der Waals surface area (Å²) in [7, 11) is 1.83. The van der Waals surface area contributed by atoms with E-state index in [-0.39, 0.29) is 6.61 Å². The lowest BCUT2D eigenvalue weighted by molar-refractivity contribution is -0.112. The fourth-order valence-corrected chi connectivity index (χ4v) is 0.739. The van der Waals surface area contributed by atoms with E-state index in [9.17, 15) is 4.79 Å². The molecule has 0 aromatic heterocycles. The second kappa shape index (κ2) is 8.27. The zero-order valence-electron chi connectivity index (χ0n) is 10.3. The van der Waals surface area contributed by atoms with Crippen LogP contribution in [0.15, 0.2) is 0 Å². The highest BCUT2D eigenvalue weighted by atomic mass is 16.3. The van der Waals surface area contributed by atoms with E-state index in [1.807, 2.05) is 39.6 Å². The van der Waals surface area contributed by atoms with E-state index >= 15 is 0 Å². The first-order chi connectivity index (χ1) is 6.90. The molecule has 0 rings (SSSR count). The number of hydrogen-bond donors (Lipinski definition) is 2. The molecule has 15 heavy (non-hydrogen) atoms. The van der Waals surface area contributed by atoms with Crippen molar-refractivity contribution in [2.24, 2.45) is 5.73 Å². The summed E-state index contributed by atoms with van der Waals surface area (Å²) in [6, 6.07) is 0. The lowest BCUT2D eigenvalue weighted by atomic mass is 10.0. The zero-order valence-corrected chi connectivity index (χ0v) is 10.3. The summed E-state index contributed by atoms with van der Waals surface area (Å²) in [5.74, 6) is 4.39. The molecule has 1 amide bonds. The zero-order chi connectivity index (χ0) is 12.5. The van der Waals surface area contributed by atoms with Crippen LogP contribution in [-0.4, -0.2) is 41.7 Å². The first kappa shape index (κ1) is 16.4. The van der Waals surface area contributed by atoms with E-state index in [1.54, 1.807) is 0 Å². The molecule has 0 aliphatic heterocycles. The standard InChI is InChI=1S/C9H16N2O2.C2H6/c1-9(2,5-4-8(10)13)11(3)6-7-12;1-2/h12H,6-7H2,1-3H3,(H2,10,13);1-2H3. The van der Waals surface area contributed by atoms with E-state index in [0.29, 0.717) is 6.54 Å². The van der Waals surface area contributed by atoms with E-state index in [2.05, 4.69) is 11.8 Å². The predicted octanol–water partition coefficient (Wildman–Crippen LogP) is 0.204. The average Bonchev–Trinajstić information content (AvgIpc) is 2.18. The fourth-order valence-electron chi connectivity index (χ4n) is 0.739. The van der Waals surface area contributed by atoms with Crippen LogP contribution >= 0.6 is 0 Å². The van der Waals surface area contributed by atoms with Crippen LogP contribution in [0.25, 0.3) is 0 Å². The third-order valence-corrected chi connectivity index (χ3v) is 1.88. The van der Waals surface area contributed by atoms with E-state index in [0.717, 1.165) is 0 Å². The Bertz CT molecular complexity index is 239. The Hall–Kier alpha value is -1.05. The maximum atomic E-state index is 10.4. The van der Waals surface area contributed by atoms with Crippen LogP contribution in [0.5, 0.6) is 0 Å². The monoisotopic (exact) mass is 214 g/mol. The van der Waals surface area contributed by atoms with Crippen LogP contribution in [0.4, 0.5) is 0 Å². The Morgan fingerprint density at radius 1 is 1.47 bits per heavy atom. The molecule has 0 unspecified atom stereocenters. The number of nitrogens with zero attached hydrogens (tertiary/aromatic N) is 1. The Morgan fingerprint density at radius 3 is 2.27 bits per heavy atom. The van der Waals surface area contributed by atoms with E-state index in [1.165, 1.54) is 0 Å². The van der Waals surface area contributed by atoms with Gasteiger partial charge in [-0.05, 0) is 26.8 Å². The number of rotatable bonds is 3. The van der Waals surface area contributed by atoms with Crippen molar-refractivity contribution in [1.29, 1.82) is 0 Å². The van der Waals surface area contributed by atoms with Gasteiger partial charge in [0.15, 0.2) is 0 Å². The maximum Gasteiger partial charge on any atom is 0.293 e. The Kier molecular flexibility index (Phi) is 9.04. The number of carbonyl (C=O) groups is 1. The third kappa shape index (κ3) is 7.98. The van der Waals surface area contributed by atoms with Crippen molar-refractivity contribution in [3.05, 3.63) is 0 Å². The van der Waals surface area contributed by atoms with Gasteiger partial charge in [-0.2, -0.15) is 0 Å². The molecule has 3 N–H and O–H groups in total. The molecule has 0 spiro atoms. The van der Waals surface area contributed by atoms with Gasteiger partial charge in [-0.1, -0.05) is 19.8 Å². The number of amides is 1. The van der Waals surface area contributed by atoms with Crippen molar-refractivity contribution in [3.8, 4) is 11.8 Å². The minimum atomic E-state index is -0.634. The van der Waals surface area contributed by atoms with Gasteiger partial charge in [0.2, 0.25) is 0 Å². The summed E-state index contributed by atoms with van der Waals surface area (Å²) in [5.41, 5.74) is 4.45. The second-order valence-corrected chi connectivity index (χ2v) is 3.32. The van der Waals surface area contributed by atoms with Crippen molar-refractivity contribution >= 4 is 5.91 Å². The molecule has 0 aliphatic carbocycles. The van der Waals surface area contributed by atoms with Gasteiger partial charge in [0.1, 0.15) is 0 Å². The largest absolute Gasteiger partial charge is 0.395 e. The predicted molar refractivity (Wildman–Crippen MR) is 62.1 cm³/mol. The van der Waals surface area contributed by atoms with Gasteiger partial charge in [-0.25, -0.2) is 0 Å². The third-order valence-electron chi connectivity index (χ3n) is 1.88. The molecule has 0 aromatic rings. The smallest absolute Gasteiger partial charge is 0.293 e. The average molecular weight is 214 g/mol. The molecule has 0 radical (unpaired) electrons. The van der Waals surface area contributed by atoms with Crippen LogP contribution < -0.4 is 5.73 Å². The van der Waals surface area contributed by atoms with Gasteiger partial charge in [0.05, 0.1) is 12.1 Å². The number of nitrogens with two attached hydrogens (primary N) is 1. The first-order valence-electron chi connectivity index (χ1n) is 5.05. The molecule has 0 aromatic carbocycles. The van der Waals surface area contributed by atoms with Gasteiger partial charge < -0.3 is 10.8 Å². The van der Waals surface area contributed by atoms with Crippen LogP contribution in [0.1, 0.15) is 27.7 Å². The summed E-state index contributed by atoms with van der Waals surface area (Å²) in [6.45, 7) is 8.30. The van der Waals surface area contributed by atoms with Gasteiger partial charge >= 0.3 is 0 Å². The highest BCUT2D eigenvalue weighted by Crippen LogP contribution is 2.09. The fraction of sp³-hybridized carbons (Fsp3) is 0.727. The van der Waals surface area contributed by atoms with Crippen LogP contribution in [0.2, 0.25) is 0 Å². The SMILES string of the molecule is CC.CN(CCO)C(C)(C)C#CC(N)=O. The van der Waals surface area contributed by atoms with Crippen LogP contribution in [0.3, 0.4) is 0 Å². The Balaban J connectivity index is 0. The Labute approximate surface area is 92.4 Å². The second-order valence-electron chi connectivity index (χ2n) is 3.32. The molecular weight excluding hydrogens is 192 g/mol. The number of carbonyl (C=O) groups excluding carboxylic acids is 1. The molecule has 88 valence electrons. The first-order valence-corrected chi connectivity index (χ1v) is 5.05. The van der Waals surface area contributed by atoms with Gasteiger partial charge in [0.25, 0.3) is 5.91 Å². The molecule has 4 heteroatoms. The molecule has 0 fully saturated rings. The van der Waals surface area contributed by atoms with Crippen LogP contribution in [0, 0.1) is 11.8 Å². The lowest BCUT2D eigenvalue weighted by Crippen LogP contribution is -2.41. The number of hydrogen-bond acceptors (Lipinski definition) is 3. The highest BCUT2D eigenvalue weighted by molar-refractivity contribution is 5.92. The molecule has 0 aliphatic rings. The van der Waals surface area contributed by atoms with Crippen molar-refractivity contribution < 1.29 is 9.90 Å². The summed E-state index contributed by atoms with van der Waals surface area (Å²) in [6.07, 6.45) is 0. The van der Waals surface area contributed by atoms with Crippen molar-refractivity contribution in [2.45, 2.75) is 33.2 Å². The minimum absolute atomic E-state index is 0.0676. The lowest BCUT2D eigenvalue weighted by Gasteiger charge is -2.29. The van der Waals surface area contributed by atoms with Crippen molar-refractivity contribution in [1.82, 2.24) is 4.90 Å². The molecule has 0 heterocycles. The van der Waals surface area contributed by atoms with Crippen molar-refractivity contribution in [3.63, 3.8) is 0 Å². The Morgan fingerprint density at radius 2 is 1.93 bits per heavy atom.